The van der Waals surface area contributed by atoms with Crippen molar-refractivity contribution in [2.75, 3.05) is 18.8 Å². The van der Waals surface area contributed by atoms with E-state index in [1.54, 1.807) is 23.1 Å². The van der Waals surface area contributed by atoms with E-state index in [2.05, 4.69) is 57.9 Å². The number of carbonyl (C=O) groups excluding carboxylic acids is 1. The fraction of sp³-hybridized carbons (Fsp3) is 0.346. The fourth-order valence-corrected chi connectivity index (χ4v) is 6.92. The normalized spacial score (nSPS) is 14.9. The van der Waals surface area contributed by atoms with Crippen LogP contribution in [-0.4, -0.2) is 44.2 Å². The second kappa shape index (κ2) is 10.2. The number of hydrogen-bond donors (Lipinski definition) is 0. The summed E-state index contributed by atoms with van der Waals surface area (Å²) in [7, 11) is 0. The van der Waals surface area contributed by atoms with Crippen molar-refractivity contribution >= 4 is 56.0 Å². The lowest BCUT2D eigenvalue weighted by Gasteiger charge is -2.31. The molecule has 5 rings (SSSR count). The van der Waals surface area contributed by atoms with Crippen molar-refractivity contribution in [1.29, 1.82) is 0 Å². The lowest BCUT2D eigenvalue weighted by molar-refractivity contribution is -0.129. The van der Waals surface area contributed by atoms with E-state index in [-0.39, 0.29) is 5.91 Å². The maximum Gasteiger partial charge on any atom is 0.233 e. The van der Waals surface area contributed by atoms with Gasteiger partial charge in [-0.05, 0) is 51.0 Å². The van der Waals surface area contributed by atoms with Crippen LogP contribution in [0.25, 0.3) is 22.3 Å². The standard InChI is InChI=1S/C26H27BrN4OS2/c1-17(2)31-23-9-4-3-8-21(23)29-26(31)34-16-24(32)30-12-10-18(11-13-30)25-28-22(15-33-25)19-6-5-7-20(27)14-19/h3-9,14-15,17-18H,10-13,16H2,1-2H3. The Labute approximate surface area is 216 Å². The summed E-state index contributed by atoms with van der Waals surface area (Å²) in [6, 6.07) is 16.7. The second-order valence-corrected chi connectivity index (χ2v) is 11.6. The Morgan fingerprint density at radius 3 is 2.71 bits per heavy atom. The van der Waals surface area contributed by atoms with Gasteiger partial charge in [-0.25, -0.2) is 9.97 Å². The molecular weight excluding hydrogens is 528 g/mol. The number of likely N-dealkylation sites (tertiary alicyclic amines) is 1. The lowest BCUT2D eigenvalue weighted by Crippen LogP contribution is -2.39. The fourth-order valence-electron chi connectivity index (χ4n) is 4.47. The summed E-state index contributed by atoms with van der Waals surface area (Å²) in [6.45, 7) is 5.89. The van der Waals surface area contributed by atoms with Gasteiger partial charge >= 0.3 is 0 Å². The molecule has 8 heteroatoms. The number of thioether (sulfide) groups is 1. The van der Waals surface area contributed by atoms with Crippen molar-refractivity contribution in [3.05, 3.63) is 63.4 Å². The third kappa shape index (κ3) is 4.95. The number of para-hydroxylation sites is 2. The molecule has 4 aromatic rings. The molecule has 2 aromatic carbocycles. The van der Waals surface area contributed by atoms with Crippen LogP contribution in [0.5, 0.6) is 0 Å². The van der Waals surface area contributed by atoms with Crippen LogP contribution < -0.4 is 0 Å². The van der Waals surface area contributed by atoms with Crippen LogP contribution >= 0.6 is 39.0 Å². The van der Waals surface area contributed by atoms with E-state index in [0.29, 0.717) is 17.7 Å². The van der Waals surface area contributed by atoms with E-state index in [0.717, 1.165) is 57.9 Å². The third-order valence-corrected chi connectivity index (χ3v) is 8.68. The van der Waals surface area contributed by atoms with Gasteiger partial charge in [0.05, 0.1) is 27.5 Å². The van der Waals surface area contributed by atoms with Gasteiger partial charge in [-0.3, -0.25) is 4.79 Å². The van der Waals surface area contributed by atoms with Crippen LogP contribution in [0, 0.1) is 0 Å². The molecule has 0 bridgehead atoms. The van der Waals surface area contributed by atoms with E-state index in [1.807, 2.05) is 35.2 Å². The quantitative estimate of drug-likeness (QED) is 0.241. The molecule has 34 heavy (non-hydrogen) atoms. The molecule has 0 unspecified atom stereocenters. The van der Waals surface area contributed by atoms with Crippen LogP contribution in [0.4, 0.5) is 0 Å². The zero-order valence-electron chi connectivity index (χ0n) is 19.3. The highest BCUT2D eigenvalue weighted by Crippen LogP contribution is 2.34. The summed E-state index contributed by atoms with van der Waals surface area (Å²) in [5.41, 5.74) is 4.27. The van der Waals surface area contributed by atoms with E-state index in [4.69, 9.17) is 9.97 Å². The topological polar surface area (TPSA) is 51.0 Å². The number of thiazole rings is 1. The Morgan fingerprint density at radius 2 is 1.94 bits per heavy atom. The SMILES string of the molecule is CC(C)n1c(SCC(=O)N2CCC(c3nc(-c4cccc(Br)c4)cs3)CC2)nc2ccccc21. The van der Waals surface area contributed by atoms with Gasteiger partial charge < -0.3 is 9.47 Å². The van der Waals surface area contributed by atoms with Crippen LogP contribution in [0.15, 0.2) is 63.5 Å². The Morgan fingerprint density at radius 1 is 1.15 bits per heavy atom. The molecule has 1 saturated heterocycles. The summed E-state index contributed by atoms with van der Waals surface area (Å²) in [6.07, 6.45) is 1.93. The minimum atomic E-state index is 0.194. The van der Waals surface area contributed by atoms with Crippen LogP contribution in [0.3, 0.4) is 0 Å². The minimum absolute atomic E-state index is 0.194. The Hall–Kier alpha value is -2.16. The minimum Gasteiger partial charge on any atom is -0.342 e. The first-order chi connectivity index (χ1) is 16.5. The monoisotopic (exact) mass is 554 g/mol. The summed E-state index contributed by atoms with van der Waals surface area (Å²) >= 11 is 6.83. The summed E-state index contributed by atoms with van der Waals surface area (Å²) in [5, 5.41) is 4.25. The Balaban J connectivity index is 1.19. The lowest BCUT2D eigenvalue weighted by atomic mass is 9.97. The summed E-state index contributed by atoms with van der Waals surface area (Å²) in [4.78, 5) is 24.7. The van der Waals surface area contributed by atoms with Crippen LogP contribution in [0.2, 0.25) is 0 Å². The maximum absolute atomic E-state index is 13.0. The number of nitrogens with zero attached hydrogens (tertiary/aromatic N) is 4. The van der Waals surface area contributed by atoms with E-state index < -0.39 is 0 Å². The predicted molar refractivity (Wildman–Crippen MR) is 145 cm³/mol. The molecule has 3 heterocycles. The molecule has 0 spiro atoms. The Kier molecular flexibility index (Phi) is 7.09. The van der Waals surface area contributed by atoms with Gasteiger partial charge in [-0.2, -0.15) is 0 Å². The molecule has 0 atom stereocenters. The number of rotatable bonds is 6. The highest BCUT2D eigenvalue weighted by Gasteiger charge is 2.26. The highest BCUT2D eigenvalue weighted by molar-refractivity contribution is 9.10. The zero-order valence-corrected chi connectivity index (χ0v) is 22.5. The highest BCUT2D eigenvalue weighted by atomic mass is 79.9. The van der Waals surface area contributed by atoms with Crippen molar-refractivity contribution in [3.8, 4) is 11.3 Å². The number of carbonyl (C=O) groups is 1. The first kappa shape index (κ1) is 23.6. The van der Waals surface area contributed by atoms with Gasteiger partial charge in [0.25, 0.3) is 0 Å². The molecule has 176 valence electrons. The van der Waals surface area contributed by atoms with Gasteiger partial charge in [0, 0.05) is 40.5 Å². The van der Waals surface area contributed by atoms with Gasteiger partial charge in [-0.1, -0.05) is 52.0 Å². The van der Waals surface area contributed by atoms with E-state index in [9.17, 15) is 4.79 Å². The van der Waals surface area contributed by atoms with E-state index >= 15 is 0 Å². The molecule has 0 N–H and O–H groups in total. The summed E-state index contributed by atoms with van der Waals surface area (Å²) in [5.74, 6) is 1.04. The average molecular weight is 556 g/mol. The van der Waals surface area contributed by atoms with Crippen molar-refractivity contribution in [1.82, 2.24) is 19.4 Å². The summed E-state index contributed by atoms with van der Waals surface area (Å²) < 4.78 is 3.29. The maximum atomic E-state index is 13.0. The number of hydrogen-bond acceptors (Lipinski definition) is 5. The number of amides is 1. The Bertz CT molecular complexity index is 1310. The van der Waals surface area contributed by atoms with Gasteiger partial charge in [0.1, 0.15) is 0 Å². The number of aromatic nitrogens is 3. The van der Waals surface area contributed by atoms with Crippen molar-refractivity contribution in [2.24, 2.45) is 0 Å². The van der Waals surface area contributed by atoms with Crippen LogP contribution in [0.1, 0.15) is 43.7 Å². The number of benzene rings is 2. The average Bonchev–Trinajstić information content (AvgIpc) is 3.48. The molecule has 1 aliphatic heterocycles. The first-order valence-electron chi connectivity index (χ1n) is 11.6. The largest absolute Gasteiger partial charge is 0.342 e. The molecule has 0 saturated carbocycles. The molecule has 0 aliphatic carbocycles. The predicted octanol–water partition coefficient (Wildman–Crippen LogP) is 7.00. The molecule has 0 radical (unpaired) electrons. The van der Waals surface area contributed by atoms with Crippen LogP contribution in [-0.2, 0) is 4.79 Å². The van der Waals surface area contributed by atoms with Crippen molar-refractivity contribution in [2.45, 2.75) is 43.8 Å². The number of halogens is 1. The molecule has 1 amide bonds. The van der Waals surface area contributed by atoms with Crippen molar-refractivity contribution < 1.29 is 4.79 Å². The van der Waals surface area contributed by atoms with E-state index in [1.165, 1.54) is 5.01 Å². The molecule has 2 aromatic heterocycles. The van der Waals surface area contributed by atoms with Crippen molar-refractivity contribution in [3.63, 3.8) is 0 Å². The van der Waals surface area contributed by atoms with Gasteiger partial charge in [0.2, 0.25) is 5.91 Å². The number of piperidine rings is 1. The molecule has 1 fully saturated rings. The third-order valence-electron chi connectivity index (χ3n) is 6.24. The zero-order chi connectivity index (χ0) is 23.7. The van der Waals surface area contributed by atoms with Gasteiger partial charge in [-0.15, -0.1) is 11.3 Å². The second-order valence-electron chi connectivity index (χ2n) is 8.87. The first-order valence-corrected chi connectivity index (χ1v) is 14.2. The number of fused-ring (bicyclic) bond motifs is 1. The molecule has 5 nitrogen and oxygen atoms in total. The smallest absolute Gasteiger partial charge is 0.233 e. The molecular formula is C26H27BrN4OS2. The number of imidazole rings is 1. The van der Waals surface area contributed by atoms with Gasteiger partial charge in [0.15, 0.2) is 5.16 Å². The molecule has 1 aliphatic rings.